The number of carboxylic acid groups (broad SMARTS) is 1. The Kier molecular flexibility index (Phi) is 5.72. The first kappa shape index (κ1) is 17.3. The van der Waals surface area contributed by atoms with E-state index < -0.39 is 24.4 Å². The summed E-state index contributed by atoms with van der Waals surface area (Å²) in [4.78, 5) is 33.4. The smallest absolute Gasteiger partial charge is 0.341 e. The molecule has 2 rings (SSSR count). The highest BCUT2D eigenvalue weighted by Gasteiger charge is 2.26. The number of nitrogens with zero attached hydrogens (tertiary/aromatic N) is 1. The SMILES string of the molecule is COc1cc(/C=N\NC(=O)C(=O)NC2CC2)ccc1OCC(=O)O. The van der Waals surface area contributed by atoms with Crippen LogP contribution in [0, 0.1) is 0 Å². The molecule has 0 radical (unpaired) electrons. The number of carbonyl (C=O) groups excluding carboxylic acids is 2. The van der Waals surface area contributed by atoms with Crippen molar-refractivity contribution in [3.8, 4) is 11.5 Å². The molecule has 0 saturated heterocycles. The molecule has 0 atom stereocenters. The van der Waals surface area contributed by atoms with E-state index in [0.29, 0.717) is 11.3 Å². The number of ether oxygens (including phenoxy) is 2. The molecule has 1 aromatic carbocycles. The average molecular weight is 335 g/mol. The molecule has 1 aromatic rings. The van der Waals surface area contributed by atoms with Gasteiger partial charge in [-0.1, -0.05) is 0 Å². The number of methoxy groups -OCH3 is 1. The number of amides is 2. The summed E-state index contributed by atoms with van der Waals surface area (Å²) in [6.07, 6.45) is 3.10. The van der Waals surface area contributed by atoms with Crippen molar-refractivity contribution in [2.75, 3.05) is 13.7 Å². The number of hydrogen-bond acceptors (Lipinski definition) is 6. The summed E-state index contributed by atoms with van der Waals surface area (Å²) in [5, 5.41) is 14.8. The lowest BCUT2D eigenvalue weighted by molar-refractivity contribution is -0.139. The first-order chi connectivity index (χ1) is 11.5. The first-order valence-electron chi connectivity index (χ1n) is 7.16. The van der Waals surface area contributed by atoms with Crippen LogP contribution in [0.3, 0.4) is 0 Å². The summed E-state index contributed by atoms with van der Waals surface area (Å²) in [5.41, 5.74) is 2.69. The van der Waals surface area contributed by atoms with Crippen LogP contribution < -0.4 is 20.2 Å². The Morgan fingerprint density at radius 2 is 2.04 bits per heavy atom. The van der Waals surface area contributed by atoms with Crippen molar-refractivity contribution in [2.45, 2.75) is 18.9 Å². The van der Waals surface area contributed by atoms with Gasteiger partial charge in [0.15, 0.2) is 18.1 Å². The van der Waals surface area contributed by atoms with Crippen LogP contribution in [0.2, 0.25) is 0 Å². The zero-order valence-electron chi connectivity index (χ0n) is 12.9. The molecule has 9 nitrogen and oxygen atoms in total. The minimum Gasteiger partial charge on any atom is -0.493 e. The number of nitrogens with one attached hydrogen (secondary N) is 2. The molecular weight excluding hydrogens is 318 g/mol. The summed E-state index contributed by atoms with van der Waals surface area (Å²) in [6.45, 7) is -0.490. The Labute approximate surface area is 137 Å². The van der Waals surface area contributed by atoms with Gasteiger partial charge in [0, 0.05) is 6.04 Å². The molecular formula is C15H17N3O6. The van der Waals surface area contributed by atoms with Gasteiger partial charge in [-0.05, 0) is 36.6 Å². The van der Waals surface area contributed by atoms with Crippen LogP contribution in [0.4, 0.5) is 0 Å². The number of carboxylic acids is 1. The van der Waals surface area contributed by atoms with Crippen molar-refractivity contribution in [2.24, 2.45) is 5.10 Å². The predicted octanol–water partition coefficient (Wildman–Crippen LogP) is -0.113. The minimum atomic E-state index is -1.10. The molecule has 9 heteroatoms. The third kappa shape index (κ3) is 5.27. The molecule has 1 fully saturated rings. The van der Waals surface area contributed by atoms with Crippen molar-refractivity contribution >= 4 is 24.0 Å². The van der Waals surface area contributed by atoms with E-state index in [0.717, 1.165) is 12.8 Å². The molecule has 0 aromatic heterocycles. The number of rotatable bonds is 7. The number of hydrogen-bond donors (Lipinski definition) is 3. The van der Waals surface area contributed by atoms with Crippen molar-refractivity contribution < 1.29 is 29.0 Å². The molecule has 0 heterocycles. The lowest BCUT2D eigenvalue weighted by Gasteiger charge is -2.09. The Hall–Kier alpha value is -3.10. The fourth-order valence-corrected chi connectivity index (χ4v) is 1.72. The quantitative estimate of drug-likeness (QED) is 0.362. The van der Waals surface area contributed by atoms with Gasteiger partial charge in [0.05, 0.1) is 13.3 Å². The van der Waals surface area contributed by atoms with E-state index in [1.165, 1.54) is 19.4 Å². The van der Waals surface area contributed by atoms with E-state index in [4.69, 9.17) is 14.6 Å². The molecule has 3 N–H and O–H groups in total. The Bertz CT molecular complexity index is 669. The molecule has 0 aliphatic heterocycles. The third-order valence-corrected chi connectivity index (χ3v) is 3.04. The summed E-state index contributed by atoms with van der Waals surface area (Å²) in [5.74, 6) is -2.08. The van der Waals surface area contributed by atoms with E-state index in [1.807, 2.05) is 0 Å². The maximum Gasteiger partial charge on any atom is 0.341 e. The van der Waals surface area contributed by atoms with Crippen molar-refractivity contribution in [3.63, 3.8) is 0 Å². The van der Waals surface area contributed by atoms with Crippen molar-refractivity contribution in [1.82, 2.24) is 10.7 Å². The molecule has 2 amide bonds. The van der Waals surface area contributed by atoms with E-state index in [-0.39, 0.29) is 11.8 Å². The van der Waals surface area contributed by atoms with Gasteiger partial charge in [0.1, 0.15) is 0 Å². The van der Waals surface area contributed by atoms with Crippen LogP contribution in [0.5, 0.6) is 11.5 Å². The molecule has 1 aliphatic rings. The Morgan fingerprint density at radius 1 is 1.29 bits per heavy atom. The van der Waals surface area contributed by atoms with Gasteiger partial charge in [-0.2, -0.15) is 5.10 Å². The second-order valence-electron chi connectivity index (χ2n) is 5.04. The van der Waals surface area contributed by atoms with E-state index >= 15 is 0 Å². The zero-order chi connectivity index (χ0) is 17.5. The molecule has 0 bridgehead atoms. The Balaban J connectivity index is 1.92. The van der Waals surface area contributed by atoms with Gasteiger partial charge < -0.3 is 19.9 Å². The van der Waals surface area contributed by atoms with Gasteiger partial charge in [-0.15, -0.1) is 0 Å². The maximum atomic E-state index is 11.5. The molecule has 24 heavy (non-hydrogen) atoms. The van der Waals surface area contributed by atoms with E-state index in [1.54, 1.807) is 12.1 Å². The minimum absolute atomic E-state index is 0.0924. The van der Waals surface area contributed by atoms with Gasteiger partial charge in [-0.25, -0.2) is 10.2 Å². The van der Waals surface area contributed by atoms with Crippen LogP contribution in [0.1, 0.15) is 18.4 Å². The first-order valence-corrected chi connectivity index (χ1v) is 7.16. The molecule has 1 aliphatic carbocycles. The van der Waals surface area contributed by atoms with E-state index in [2.05, 4.69) is 15.8 Å². The van der Waals surface area contributed by atoms with Crippen molar-refractivity contribution in [3.05, 3.63) is 23.8 Å². The third-order valence-electron chi connectivity index (χ3n) is 3.04. The molecule has 0 spiro atoms. The summed E-state index contributed by atoms with van der Waals surface area (Å²) in [6, 6.07) is 4.76. The second-order valence-corrected chi connectivity index (χ2v) is 5.04. The molecule has 0 unspecified atom stereocenters. The number of hydrazone groups is 1. The Morgan fingerprint density at radius 3 is 2.67 bits per heavy atom. The highest BCUT2D eigenvalue weighted by molar-refractivity contribution is 6.35. The summed E-state index contributed by atoms with van der Waals surface area (Å²) >= 11 is 0. The summed E-state index contributed by atoms with van der Waals surface area (Å²) < 4.78 is 10.2. The van der Waals surface area contributed by atoms with Crippen LogP contribution in [-0.2, 0) is 14.4 Å². The van der Waals surface area contributed by atoms with E-state index in [9.17, 15) is 14.4 Å². The van der Waals surface area contributed by atoms with Gasteiger partial charge in [0.2, 0.25) is 0 Å². The lowest BCUT2D eigenvalue weighted by Crippen LogP contribution is -2.38. The van der Waals surface area contributed by atoms with Crippen LogP contribution in [0.15, 0.2) is 23.3 Å². The summed E-state index contributed by atoms with van der Waals surface area (Å²) in [7, 11) is 1.41. The zero-order valence-corrected chi connectivity index (χ0v) is 12.9. The maximum absolute atomic E-state index is 11.5. The highest BCUT2D eigenvalue weighted by atomic mass is 16.5. The standard InChI is InChI=1S/C15H17N3O6/c1-23-12-6-9(2-5-11(12)24-8-13(19)20)7-16-18-15(22)14(21)17-10-3-4-10/h2,5-7,10H,3-4,8H2,1H3,(H,17,21)(H,18,22)(H,19,20)/b16-7-. The average Bonchev–Trinajstić information content (AvgIpc) is 3.37. The molecule has 128 valence electrons. The van der Waals surface area contributed by atoms with Crippen LogP contribution in [0.25, 0.3) is 0 Å². The van der Waals surface area contributed by atoms with Gasteiger partial charge >= 0.3 is 17.8 Å². The van der Waals surface area contributed by atoms with Crippen LogP contribution in [-0.4, -0.2) is 48.9 Å². The second kappa shape index (κ2) is 7.95. The van der Waals surface area contributed by atoms with Gasteiger partial charge in [-0.3, -0.25) is 9.59 Å². The fraction of sp³-hybridized carbons (Fsp3) is 0.333. The normalized spacial score (nSPS) is 13.4. The predicted molar refractivity (Wildman–Crippen MR) is 83.0 cm³/mol. The van der Waals surface area contributed by atoms with Crippen molar-refractivity contribution in [1.29, 1.82) is 0 Å². The molecule has 1 saturated carbocycles. The number of benzene rings is 1. The highest BCUT2D eigenvalue weighted by Crippen LogP contribution is 2.27. The van der Waals surface area contributed by atoms with Crippen LogP contribution >= 0.6 is 0 Å². The topological polar surface area (TPSA) is 126 Å². The fourth-order valence-electron chi connectivity index (χ4n) is 1.72. The largest absolute Gasteiger partial charge is 0.493 e. The monoisotopic (exact) mass is 335 g/mol. The lowest BCUT2D eigenvalue weighted by atomic mass is 10.2. The number of carbonyl (C=O) groups is 3. The van der Waals surface area contributed by atoms with Gasteiger partial charge in [0.25, 0.3) is 0 Å². The number of aliphatic carboxylic acids is 1.